The number of nitrogens with zero attached hydrogens (tertiary/aromatic N) is 1. The first-order chi connectivity index (χ1) is 7.09. The van der Waals surface area contributed by atoms with Gasteiger partial charge in [0.05, 0.1) is 0 Å². The SMILES string of the molecule is CC(=O)N(C)C(=O)C1CC2CNCC2C1. The minimum atomic E-state index is -0.157. The molecule has 0 radical (unpaired) electrons. The van der Waals surface area contributed by atoms with Crippen molar-refractivity contribution in [3.8, 4) is 0 Å². The highest BCUT2D eigenvalue weighted by molar-refractivity contribution is 5.95. The van der Waals surface area contributed by atoms with Gasteiger partial charge in [0.1, 0.15) is 0 Å². The predicted molar refractivity (Wildman–Crippen MR) is 56.0 cm³/mol. The molecule has 0 spiro atoms. The standard InChI is InChI=1S/C11H18N2O2/c1-7(14)13(2)11(15)8-3-9-5-12-6-10(9)4-8/h8-10,12H,3-6H2,1-2H3. The average molecular weight is 210 g/mol. The van der Waals surface area contributed by atoms with E-state index < -0.39 is 0 Å². The Morgan fingerprint density at radius 1 is 1.20 bits per heavy atom. The zero-order valence-electron chi connectivity index (χ0n) is 9.32. The molecule has 0 bridgehead atoms. The van der Waals surface area contributed by atoms with E-state index in [0.29, 0.717) is 11.8 Å². The van der Waals surface area contributed by atoms with Gasteiger partial charge < -0.3 is 5.32 Å². The van der Waals surface area contributed by atoms with Crippen LogP contribution in [0.1, 0.15) is 19.8 Å². The van der Waals surface area contributed by atoms with Gasteiger partial charge in [0.15, 0.2) is 0 Å². The molecule has 1 heterocycles. The fourth-order valence-electron chi connectivity index (χ4n) is 2.80. The molecule has 1 saturated heterocycles. The van der Waals surface area contributed by atoms with Crippen molar-refractivity contribution in [2.75, 3.05) is 20.1 Å². The van der Waals surface area contributed by atoms with Gasteiger partial charge in [0, 0.05) is 19.9 Å². The second-order valence-electron chi connectivity index (χ2n) is 4.76. The smallest absolute Gasteiger partial charge is 0.232 e. The van der Waals surface area contributed by atoms with Crippen molar-refractivity contribution in [1.82, 2.24) is 10.2 Å². The molecule has 15 heavy (non-hydrogen) atoms. The number of fused-ring (bicyclic) bond motifs is 1. The summed E-state index contributed by atoms with van der Waals surface area (Å²) >= 11 is 0. The molecule has 1 N–H and O–H groups in total. The third kappa shape index (κ3) is 1.91. The number of hydrogen-bond donors (Lipinski definition) is 1. The van der Waals surface area contributed by atoms with Gasteiger partial charge in [-0.1, -0.05) is 0 Å². The molecule has 2 aliphatic rings. The lowest BCUT2D eigenvalue weighted by Gasteiger charge is -2.18. The van der Waals surface area contributed by atoms with Crippen molar-refractivity contribution >= 4 is 11.8 Å². The van der Waals surface area contributed by atoms with Crippen LogP contribution >= 0.6 is 0 Å². The number of carbonyl (C=O) groups is 2. The van der Waals surface area contributed by atoms with Crippen LogP contribution < -0.4 is 5.32 Å². The van der Waals surface area contributed by atoms with Crippen molar-refractivity contribution in [3.05, 3.63) is 0 Å². The van der Waals surface area contributed by atoms with E-state index in [4.69, 9.17) is 0 Å². The monoisotopic (exact) mass is 210 g/mol. The van der Waals surface area contributed by atoms with E-state index in [1.807, 2.05) is 0 Å². The quantitative estimate of drug-likeness (QED) is 0.674. The molecule has 2 amide bonds. The Morgan fingerprint density at radius 3 is 2.20 bits per heavy atom. The second-order valence-corrected chi connectivity index (χ2v) is 4.76. The van der Waals surface area contributed by atoms with E-state index >= 15 is 0 Å². The summed E-state index contributed by atoms with van der Waals surface area (Å²) in [6, 6.07) is 0. The van der Waals surface area contributed by atoms with Crippen LogP contribution in [0.3, 0.4) is 0 Å². The van der Waals surface area contributed by atoms with Crippen LogP contribution in [-0.4, -0.2) is 36.9 Å². The molecule has 4 heteroatoms. The molecule has 2 unspecified atom stereocenters. The molecule has 2 atom stereocenters. The summed E-state index contributed by atoms with van der Waals surface area (Å²) in [4.78, 5) is 24.2. The third-order valence-electron chi connectivity index (χ3n) is 3.81. The Balaban J connectivity index is 1.96. The Labute approximate surface area is 90.0 Å². The van der Waals surface area contributed by atoms with Gasteiger partial charge >= 0.3 is 0 Å². The normalized spacial score (nSPS) is 33.9. The highest BCUT2D eigenvalue weighted by Crippen LogP contribution is 2.39. The minimum absolute atomic E-state index is 0.0110. The second kappa shape index (κ2) is 3.93. The molecule has 2 rings (SSSR count). The third-order valence-corrected chi connectivity index (χ3v) is 3.81. The molecule has 2 fully saturated rings. The van der Waals surface area contributed by atoms with Crippen LogP contribution in [0, 0.1) is 17.8 Å². The van der Waals surface area contributed by atoms with Crippen LogP contribution in [0.15, 0.2) is 0 Å². The van der Waals surface area contributed by atoms with Crippen LogP contribution in [0.4, 0.5) is 0 Å². The highest BCUT2D eigenvalue weighted by Gasteiger charge is 2.41. The molecule has 1 aliphatic heterocycles. The Bertz CT molecular complexity index is 278. The Hall–Kier alpha value is -0.900. The van der Waals surface area contributed by atoms with Crippen LogP contribution in [0.25, 0.3) is 0 Å². The summed E-state index contributed by atoms with van der Waals surface area (Å²) < 4.78 is 0. The van der Waals surface area contributed by atoms with Crippen molar-refractivity contribution in [1.29, 1.82) is 0 Å². The first-order valence-corrected chi connectivity index (χ1v) is 5.58. The van der Waals surface area contributed by atoms with Crippen LogP contribution in [-0.2, 0) is 9.59 Å². The molecular weight excluding hydrogens is 192 g/mol. The first kappa shape index (κ1) is 10.6. The maximum Gasteiger partial charge on any atom is 0.232 e. The first-order valence-electron chi connectivity index (χ1n) is 5.58. The fraction of sp³-hybridized carbons (Fsp3) is 0.818. The number of nitrogens with one attached hydrogen (secondary N) is 1. The zero-order valence-corrected chi connectivity index (χ0v) is 9.32. The molecule has 0 aromatic heterocycles. The predicted octanol–water partition coefficient (Wildman–Crippen LogP) is 0.237. The van der Waals surface area contributed by atoms with E-state index in [2.05, 4.69) is 5.32 Å². The van der Waals surface area contributed by atoms with E-state index in [1.54, 1.807) is 7.05 Å². The summed E-state index contributed by atoms with van der Waals surface area (Å²) in [5.41, 5.74) is 0. The van der Waals surface area contributed by atoms with Gasteiger partial charge in [-0.05, 0) is 37.8 Å². The van der Waals surface area contributed by atoms with Crippen molar-refractivity contribution < 1.29 is 9.59 Å². The van der Waals surface area contributed by atoms with Gasteiger partial charge in [-0.25, -0.2) is 0 Å². The Kier molecular flexibility index (Phi) is 2.78. The van der Waals surface area contributed by atoms with E-state index in [-0.39, 0.29) is 17.7 Å². The summed E-state index contributed by atoms with van der Waals surface area (Å²) in [7, 11) is 1.58. The Morgan fingerprint density at radius 2 is 1.73 bits per heavy atom. The van der Waals surface area contributed by atoms with Crippen LogP contribution in [0.2, 0.25) is 0 Å². The average Bonchev–Trinajstić information content (AvgIpc) is 2.74. The summed E-state index contributed by atoms with van der Waals surface area (Å²) in [6.45, 7) is 3.52. The summed E-state index contributed by atoms with van der Waals surface area (Å²) in [6.07, 6.45) is 1.90. The lowest BCUT2D eigenvalue weighted by molar-refractivity contribution is -0.144. The number of rotatable bonds is 1. The van der Waals surface area contributed by atoms with Gasteiger partial charge in [-0.2, -0.15) is 0 Å². The molecule has 0 aromatic rings. The van der Waals surface area contributed by atoms with Gasteiger partial charge in [0.2, 0.25) is 11.8 Å². The maximum atomic E-state index is 11.9. The van der Waals surface area contributed by atoms with E-state index in [1.165, 1.54) is 11.8 Å². The number of amides is 2. The zero-order chi connectivity index (χ0) is 11.0. The lowest BCUT2D eigenvalue weighted by atomic mass is 10.0. The molecule has 4 nitrogen and oxygen atoms in total. The van der Waals surface area contributed by atoms with Gasteiger partial charge in [-0.3, -0.25) is 14.5 Å². The topological polar surface area (TPSA) is 49.4 Å². The molecule has 1 aliphatic carbocycles. The fourth-order valence-corrected chi connectivity index (χ4v) is 2.80. The largest absolute Gasteiger partial charge is 0.316 e. The van der Waals surface area contributed by atoms with Crippen LogP contribution in [0.5, 0.6) is 0 Å². The summed E-state index contributed by atoms with van der Waals surface area (Å²) in [5.74, 6) is 1.24. The number of imide groups is 1. The van der Waals surface area contributed by atoms with Gasteiger partial charge in [0.25, 0.3) is 0 Å². The number of carbonyl (C=O) groups excluding carboxylic acids is 2. The molecule has 0 aromatic carbocycles. The van der Waals surface area contributed by atoms with Crippen molar-refractivity contribution in [2.45, 2.75) is 19.8 Å². The van der Waals surface area contributed by atoms with E-state index in [0.717, 1.165) is 25.9 Å². The molecule has 1 saturated carbocycles. The number of hydrogen-bond acceptors (Lipinski definition) is 3. The molecule has 84 valence electrons. The van der Waals surface area contributed by atoms with Crippen molar-refractivity contribution in [2.24, 2.45) is 17.8 Å². The highest BCUT2D eigenvalue weighted by atomic mass is 16.2. The lowest BCUT2D eigenvalue weighted by Crippen LogP contribution is -2.36. The maximum absolute atomic E-state index is 11.9. The van der Waals surface area contributed by atoms with Crippen molar-refractivity contribution in [3.63, 3.8) is 0 Å². The molecular formula is C11H18N2O2. The van der Waals surface area contributed by atoms with Gasteiger partial charge in [-0.15, -0.1) is 0 Å². The van der Waals surface area contributed by atoms with E-state index in [9.17, 15) is 9.59 Å². The summed E-state index contributed by atoms with van der Waals surface area (Å²) in [5, 5.41) is 3.34. The minimum Gasteiger partial charge on any atom is -0.316 e.